The van der Waals surface area contributed by atoms with Crippen LogP contribution in [-0.4, -0.2) is 54.6 Å². The van der Waals surface area contributed by atoms with Crippen LogP contribution in [-0.2, 0) is 0 Å². The normalized spacial score (nSPS) is 17.1. The highest BCUT2D eigenvalue weighted by atomic mass is 79.9. The molecule has 8 heteroatoms. The van der Waals surface area contributed by atoms with Gasteiger partial charge in [-0.15, -0.1) is 0 Å². The van der Waals surface area contributed by atoms with Gasteiger partial charge in [-0.1, -0.05) is 27.5 Å². The zero-order chi connectivity index (χ0) is 15.6. The molecule has 1 heterocycles. The molecule has 1 aromatic rings. The molecule has 1 aromatic carbocycles. The van der Waals surface area contributed by atoms with E-state index in [1.807, 2.05) is 0 Å². The number of carbonyl (C=O) groups excluding carboxylic acids is 1. The van der Waals surface area contributed by atoms with Crippen molar-refractivity contribution >= 4 is 33.4 Å². The predicted molar refractivity (Wildman–Crippen MR) is 77.6 cm³/mol. The number of alkyl halides is 3. The van der Waals surface area contributed by atoms with Crippen molar-refractivity contribution in [3.8, 4) is 0 Å². The van der Waals surface area contributed by atoms with Crippen LogP contribution < -0.4 is 0 Å². The summed E-state index contributed by atoms with van der Waals surface area (Å²) in [6.45, 7) is 0.0514. The molecule has 0 radical (unpaired) electrons. The zero-order valence-corrected chi connectivity index (χ0v) is 13.3. The maximum atomic E-state index is 12.3. The quantitative estimate of drug-likeness (QED) is 0.779. The number of benzene rings is 1. The topological polar surface area (TPSA) is 23.6 Å². The van der Waals surface area contributed by atoms with Crippen LogP contribution in [0.15, 0.2) is 22.7 Å². The highest BCUT2D eigenvalue weighted by Gasteiger charge is 2.33. The SMILES string of the molecule is O=C(c1cc(Cl)cc(Br)c1)N1CCN(CC(F)(F)F)CC1. The molecule has 0 aromatic heterocycles. The fourth-order valence-electron chi connectivity index (χ4n) is 2.22. The minimum Gasteiger partial charge on any atom is -0.336 e. The van der Waals surface area contributed by atoms with E-state index >= 15 is 0 Å². The van der Waals surface area contributed by atoms with E-state index < -0.39 is 12.7 Å². The Hall–Kier alpha value is -0.790. The molecule has 0 saturated carbocycles. The molecule has 1 saturated heterocycles. The lowest BCUT2D eigenvalue weighted by molar-refractivity contribution is -0.148. The molecule has 0 N–H and O–H groups in total. The minimum atomic E-state index is -4.20. The number of halogens is 5. The number of hydrogen-bond acceptors (Lipinski definition) is 2. The lowest BCUT2D eigenvalue weighted by Crippen LogP contribution is -2.50. The molecule has 0 bridgehead atoms. The predicted octanol–water partition coefficient (Wildman–Crippen LogP) is 3.42. The molecule has 1 aliphatic heterocycles. The molecule has 3 nitrogen and oxygen atoms in total. The zero-order valence-electron chi connectivity index (χ0n) is 11.0. The number of hydrogen-bond donors (Lipinski definition) is 0. The lowest BCUT2D eigenvalue weighted by atomic mass is 10.2. The van der Waals surface area contributed by atoms with E-state index in [9.17, 15) is 18.0 Å². The van der Waals surface area contributed by atoms with Crippen molar-refractivity contribution in [2.24, 2.45) is 0 Å². The fourth-order valence-corrected chi connectivity index (χ4v) is 3.08. The Balaban J connectivity index is 1.97. The molecule has 0 unspecified atom stereocenters. The number of piperazine rings is 1. The average molecular weight is 386 g/mol. The summed E-state index contributed by atoms with van der Waals surface area (Å²) in [4.78, 5) is 15.2. The van der Waals surface area contributed by atoms with Gasteiger partial charge in [-0.05, 0) is 18.2 Å². The second-order valence-corrected chi connectivity index (χ2v) is 6.19. The third-order valence-electron chi connectivity index (χ3n) is 3.17. The first-order valence-electron chi connectivity index (χ1n) is 6.29. The summed E-state index contributed by atoms with van der Waals surface area (Å²) in [6.07, 6.45) is -4.20. The first-order chi connectivity index (χ1) is 9.74. The monoisotopic (exact) mass is 384 g/mol. The maximum absolute atomic E-state index is 12.3. The number of rotatable bonds is 2. The minimum absolute atomic E-state index is 0.215. The first kappa shape index (κ1) is 16.6. The number of amides is 1. The lowest BCUT2D eigenvalue weighted by Gasteiger charge is -2.35. The summed E-state index contributed by atoms with van der Waals surface area (Å²) in [5, 5.41) is 0.434. The van der Waals surface area contributed by atoms with Crippen molar-refractivity contribution in [3.63, 3.8) is 0 Å². The van der Waals surface area contributed by atoms with Gasteiger partial charge in [0.15, 0.2) is 0 Å². The Morgan fingerprint density at radius 3 is 2.33 bits per heavy atom. The summed E-state index contributed by atoms with van der Waals surface area (Å²) >= 11 is 9.15. The van der Waals surface area contributed by atoms with E-state index in [0.29, 0.717) is 15.1 Å². The number of nitrogens with zero attached hydrogens (tertiary/aromatic N) is 2. The van der Waals surface area contributed by atoms with Crippen molar-refractivity contribution < 1.29 is 18.0 Å². The van der Waals surface area contributed by atoms with Crippen LogP contribution in [0.3, 0.4) is 0 Å². The van der Waals surface area contributed by atoms with E-state index in [4.69, 9.17) is 11.6 Å². The third kappa shape index (κ3) is 4.86. The molecule has 116 valence electrons. The van der Waals surface area contributed by atoms with Gasteiger partial charge in [-0.25, -0.2) is 0 Å². The van der Waals surface area contributed by atoms with Gasteiger partial charge in [0.05, 0.1) is 6.54 Å². The average Bonchev–Trinajstić information content (AvgIpc) is 2.35. The largest absolute Gasteiger partial charge is 0.401 e. The van der Waals surface area contributed by atoms with Crippen molar-refractivity contribution in [1.29, 1.82) is 0 Å². The van der Waals surface area contributed by atoms with Crippen molar-refractivity contribution in [1.82, 2.24) is 9.80 Å². The van der Waals surface area contributed by atoms with Crippen LogP contribution in [0.1, 0.15) is 10.4 Å². The van der Waals surface area contributed by atoms with Crippen LogP contribution in [0.5, 0.6) is 0 Å². The fraction of sp³-hybridized carbons (Fsp3) is 0.462. The molecule has 0 aliphatic carbocycles. The van der Waals surface area contributed by atoms with Crippen molar-refractivity contribution in [3.05, 3.63) is 33.3 Å². The molecular weight excluding hydrogens is 373 g/mol. The first-order valence-corrected chi connectivity index (χ1v) is 7.46. The molecule has 1 amide bonds. The highest BCUT2D eigenvalue weighted by Crippen LogP contribution is 2.22. The second-order valence-electron chi connectivity index (χ2n) is 4.84. The van der Waals surface area contributed by atoms with Crippen LogP contribution in [0.4, 0.5) is 13.2 Å². The molecule has 2 rings (SSSR count). The van der Waals surface area contributed by atoms with Gasteiger partial charge in [0.1, 0.15) is 0 Å². The molecule has 1 aliphatic rings. The van der Waals surface area contributed by atoms with Gasteiger partial charge in [0.2, 0.25) is 0 Å². The Kier molecular flexibility index (Phi) is 5.16. The molecule has 0 spiro atoms. The van der Waals surface area contributed by atoms with E-state index in [-0.39, 0.29) is 32.1 Å². The number of carbonyl (C=O) groups is 1. The highest BCUT2D eigenvalue weighted by molar-refractivity contribution is 9.10. The molecule has 21 heavy (non-hydrogen) atoms. The van der Waals surface area contributed by atoms with Crippen molar-refractivity contribution in [2.45, 2.75) is 6.18 Å². The van der Waals surface area contributed by atoms with Crippen molar-refractivity contribution in [2.75, 3.05) is 32.7 Å². The summed E-state index contributed by atoms with van der Waals surface area (Å²) < 4.78 is 37.6. The van der Waals surface area contributed by atoms with Gasteiger partial charge < -0.3 is 4.90 Å². The van der Waals surface area contributed by atoms with Gasteiger partial charge in [-0.2, -0.15) is 13.2 Å². The standard InChI is InChI=1S/C13H13BrClF3N2O/c14-10-5-9(6-11(15)7-10)12(21)20-3-1-19(2-4-20)8-13(16,17)18/h5-7H,1-4,8H2. The van der Waals surface area contributed by atoms with Gasteiger partial charge >= 0.3 is 6.18 Å². The Bertz CT molecular complexity index is 510. The van der Waals surface area contributed by atoms with E-state index in [1.165, 1.54) is 4.90 Å². The summed E-state index contributed by atoms with van der Waals surface area (Å²) in [7, 11) is 0. The van der Waals surface area contributed by atoms with E-state index in [1.54, 1.807) is 23.1 Å². The molecular formula is C13H13BrClF3N2O. The van der Waals surface area contributed by atoms with Crippen LogP contribution in [0, 0.1) is 0 Å². The van der Waals surface area contributed by atoms with Gasteiger partial charge in [0, 0.05) is 41.2 Å². The maximum Gasteiger partial charge on any atom is 0.401 e. The van der Waals surface area contributed by atoms with Crippen LogP contribution in [0.25, 0.3) is 0 Å². The summed E-state index contributed by atoms with van der Waals surface area (Å²) in [6, 6.07) is 4.87. The van der Waals surface area contributed by atoms with E-state index in [2.05, 4.69) is 15.9 Å². The van der Waals surface area contributed by atoms with Crippen LogP contribution >= 0.6 is 27.5 Å². The Labute approximate surface area is 133 Å². The smallest absolute Gasteiger partial charge is 0.336 e. The third-order valence-corrected chi connectivity index (χ3v) is 3.85. The Morgan fingerprint density at radius 2 is 1.81 bits per heavy atom. The molecule has 1 fully saturated rings. The Morgan fingerprint density at radius 1 is 1.19 bits per heavy atom. The van der Waals surface area contributed by atoms with Gasteiger partial charge in [-0.3, -0.25) is 9.69 Å². The summed E-state index contributed by atoms with van der Waals surface area (Å²) in [5.74, 6) is -0.218. The van der Waals surface area contributed by atoms with E-state index in [0.717, 1.165) is 0 Å². The van der Waals surface area contributed by atoms with Crippen LogP contribution in [0.2, 0.25) is 5.02 Å². The second kappa shape index (κ2) is 6.54. The molecule has 0 atom stereocenters. The summed E-state index contributed by atoms with van der Waals surface area (Å²) in [5.41, 5.74) is 0.429. The van der Waals surface area contributed by atoms with Gasteiger partial charge in [0.25, 0.3) is 5.91 Å².